The molecule has 1 aromatic carbocycles. The topological polar surface area (TPSA) is 141 Å². The molecule has 1 saturated heterocycles. The van der Waals surface area contributed by atoms with Crippen LogP contribution in [0.4, 0.5) is 11.4 Å². The first-order chi connectivity index (χ1) is 14.8. The van der Waals surface area contributed by atoms with Gasteiger partial charge in [0.2, 0.25) is 15.9 Å². The van der Waals surface area contributed by atoms with Crippen molar-refractivity contribution in [1.82, 2.24) is 9.29 Å². The van der Waals surface area contributed by atoms with E-state index in [1.807, 2.05) is 0 Å². The van der Waals surface area contributed by atoms with Gasteiger partial charge in [-0.25, -0.2) is 13.4 Å². The Balaban J connectivity index is 1.60. The minimum Gasteiger partial charge on any atom is -0.496 e. The number of carbonyl (C=O) groups is 1. The smallest absolute Gasteiger partial charge is 0.296 e. The van der Waals surface area contributed by atoms with Gasteiger partial charge < -0.3 is 14.8 Å². The Bertz CT molecular complexity index is 1060. The van der Waals surface area contributed by atoms with Crippen LogP contribution in [0.3, 0.4) is 0 Å². The van der Waals surface area contributed by atoms with E-state index in [1.54, 1.807) is 0 Å². The third kappa shape index (κ3) is 5.70. The fourth-order valence-electron chi connectivity index (χ4n) is 2.76. The van der Waals surface area contributed by atoms with Gasteiger partial charge in [-0.2, -0.15) is 4.31 Å². The number of nitro groups is 1. The number of anilines is 1. The summed E-state index contributed by atoms with van der Waals surface area (Å²) >= 11 is 1.08. The zero-order chi connectivity index (χ0) is 22.4. The first-order valence-electron chi connectivity index (χ1n) is 9.10. The predicted octanol–water partition coefficient (Wildman–Crippen LogP) is 1.75. The highest BCUT2D eigenvalue weighted by Gasteiger charge is 2.26. The number of rotatable bonds is 8. The monoisotopic (exact) mass is 468 g/mol. The molecule has 0 bridgehead atoms. The third-order valence-electron chi connectivity index (χ3n) is 4.34. The molecule has 11 nitrogen and oxygen atoms in total. The molecule has 1 fully saturated rings. The van der Waals surface area contributed by atoms with Crippen molar-refractivity contribution < 1.29 is 27.6 Å². The Morgan fingerprint density at radius 3 is 2.68 bits per heavy atom. The lowest BCUT2D eigenvalue weighted by Crippen LogP contribution is -2.40. The van der Waals surface area contributed by atoms with Gasteiger partial charge in [-0.15, -0.1) is 0 Å². The molecule has 1 aromatic heterocycles. The summed E-state index contributed by atoms with van der Waals surface area (Å²) in [6.07, 6.45) is 1.25. The van der Waals surface area contributed by atoms with Crippen LogP contribution >= 0.6 is 11.8 Å². The summed E-state index contributed by atoms with van der Waals surface area (Å²) in [5, 5.41) is 14.1. The standard InChI is InChI=1S/C18H20N4O7S2/c1-28-13-2-4-15(16(10-13)22(24)25)20-17(23)12-30-18-5-3-14(11-19-18)31(26,27)21-6-8-29-9-7-21/h2-5,10-11H,6-9,12H2,1H3,(H,20,23). The highest BCUT2D eigenvalue weighted by Crippen LogP contribution is 2.29. The maximum Gasteiger partial charge on any atom is 0.296 e. The summed E-state index contributed by atoms with van der Waals surface area (Å²) in [6, 6.07) is 7.07. The summed E-state index contributed by atoms with van der Waals surface area (Å²) in [7, 11) is -2.25. The Labute approximate surface area is 182 Å². The number of nitrogens with zero attached hydrogens (tertiary/aromatic N) is 3. The zero-order valence-electron chi connectivity index (χ0n) is 16.5. The van der Waals surface area contributed by atoms with Crippen LogP contribution in [-0.2, 0) is 19.6 Å². The molecule has 31 heavy (non-hydrogen) atoms. The van der Waals surface area contributed by atoms with Crippen LogP contribution in [0, 0.1) is 10.1 Å². The number of thioether (sulfide) groups is 1. The third-order valence-corrected chi connectivity index (χ3v) is 7.17. The molecular formula is C18H20N4O7S2. The van der Waals surface area contributed by atoms with E-state index in [0.29, 0.717) is 24.0 Å². The Morgan fingerprint density at radius 1 is 1.32 bits per heavy atom. The highest BCUT2D eigenvalue weighted by atomic mass is 32.2. The number of carbonyl (C=O) groups excluding carboxylic acids is 1. The first kappa shape index (κ1) is 22.9. The summed E-state index contributed by atoms with van der Waals surface area (Å²) in [5.74, 6) is -0.230. The molecule has 166 valence electrons. The number of sulfonamides is 1. The molecule has 1 amide bonds. The molecule has 1 N–H and O–H groups in total. The number of pyridine rings is 1. The molecule has 0 radical (unpaired) electrons. The molecule has 13 heteroatoms. The molecule has 3 rings (SSSR count). The number of aromatic nitrogens is 1. The van der Waals surface area contributed by atoms with E-state index < -0.39 is 20.9 Å². The fraction of sp³-hybridized carbons (Fsp3) is 0.333. The van der Waals surface area contributed by atoms with Crippen LogP contribution in [0.5, 0.6) is 5.75 Å². The maximum atomic E-state index is 12.6. The molecule has 0 atom stereocenters. The van der Waals surface area contributed by atoms with Crippen LogP contribution < -0.4 is 10.1 Å². The average Bonchev–Trinajstić information content (AvgIpc) is 2.78. The van der Waals surface area contributed by atoms with Gasteiger partial charge in [-0.3, -0.25) is 14.9 Å². The van der Waals surface area contributed by atoms with E-state index in [2.05, 4.69) is 10.3 Å². The van der Waals surface area contributed by atoms with Crippen LogP contribution in [0.1, 0.15) is 0 Å². The molecule has 2 aromatic rings. The van der Waals surface area contributed by atoms with Gasteiger partial charge in [0.25, 0.3) is 5.69 Å². The number of morpholine rings is 1. The Kier molecular flexibility index (Phi) is 7.43. The van der Waals surface area contributed by atoms with Crippen molar-refractivity contribution in [1.29, 1.82) is 0 Å². The number of nitro benzene ring substituents is 1. The van der Waals surface area contributed by atoms with Crippen molar-refractivity contribution in [3.05, 3.63) is 46.6 Å². The lowest BCUT2D eigenvalue weighted by Gasteiger charge is -2.25. The predicted molar refractivity (Wildman–Crippen MR) is 113 cm³/mol. The number of hydrogen-bond donors (Lipinski definition) is 1. The molecule has 0 unspecified atom stereocenters. The molecule has 1 aliphatic heterocycles. The lowest BCUT2D eigenvalue weighted by atomic mass is 10.2. The zero-order valence-corrected chi connectivity index (χ0v) is 18.1. The number of methoxy groups -OCH3 is 1. The van der Waals surface area contributed by atoms with Gasteiger partial charge in [0.15, 0.2) is 0 Å². The lowest BCUT2D eigenvalue weighted by molar-refractivity contribution is -0.384. The van der Waals surface area contributed by atoms with Crippen molar-refractivity contribution in [3.8, 4) is 5.75 Å². The fourth-order valence-corrected chi connectivity index (χ4v) is 4.76. The van der Waals surface area contributed by atoms with E-state index in [0.717, 1.165) is 11.8 Å². The van der Waals surface area contributed by atoms with Crippen molar-refractivity contribution >= 4 is 39.1 Å². The largest absolute Gasteiger partial charge is 0.496 e. The van der Waals surface area contributed by atoms with Crippen LogP contribution in [0.2, 0.25) is 0 Å². The second-order valence-electron chi connectivity index (χ2n) is 6.33. The van der Waals surface area contributed by atoms with Crippen molar-refractivity contribution in [2.75, 3.05) is 44.5 Å². The van der Waals surface area contributed by atoms with Crippen molar-refractivity contribution in [2.24, 2.45) is 0 Å². The summed E-state index contributed by atoms with van der Waals surface area (Å²) < 4.78 is 36.7. The van der Waals surface area contributed by atoms with E-state index in [1.165, 1.54) is 47.9 Å². The quantitative estimate of drug-likeness (QED) is 0.348. The highest BCUT2D eigenvalue weighted by molar-refractivity contribution is 7.99. The SMILES string of the molecule is COc1ccc(NC(=O)CSc2ccc(S(=O)(=O)N3CCOCC3)cn2)c([N+](=O)[O-])c1. The van der Waals surface area contributed by atoms with Gasteiger partial charge in [-0.1, -0.05) is 11.8 Å². The van der Waals surface area contributed by atoms with Gasteiger partial charge in [0.05, 0.1) is 42.1 Å². The van der Waals surface area contributed by atoms with Gasteiger partial charge in [-0.05, 0) is 24.3 Å². The van der Waals surface area contributed by atoms with Crippen LogP contribution in [-0.4, -0.2) is 67.7 Å². The van der Waals surface area contributed by atoms with E-state index in [9.17, 15) is 23.3 Å². The van der Waals surface area contributed by atoms with Gasteiger partial charge in [0, 0.05) is 19.3 Å². The van der Waals surface area contributed by atoms with Gasteiger partial charge >= 0.3 is 0 Å². The van der Waals surface area contributed by atoms with Crippen molar-refractivity contribution in [2.45, 2.75) is 9.92 Å². The number of benzene rings is 1. The minimum absolute atomic E-state index is 0.0521. The summed E-state index contributed by atoms with van der Waals surface area (Å²) in [4.78, 5) is 27.0. The van der Waals surface area contributed by atoms with E-state index in [4.69, 9.17) is 9.47 Å². The number of hydrogen-bond acceptors (Lipinski definition) is 9. The minimum atomic E-state index is -3.64. The molecular weight excluding hydrogens is 448 g/mol. The first-order valence-corrected chi connectivity index (χ1v) is 11.5. The van der Waals surface area contributed by atoms with Crippen LogP contribution in [0.25, 0.3) is 0 Å². The van der Waals surface area contributed by atoms with Crippen molar-refractivity contribution in [3.63, 3.8) is 0 Å². The molecule has 2 heterocycles. The second-order valence-corrected chi connectivity index (χ2v) is 9.26. The molecule has 1 aliphatic rings. The second kappa shape index (κ2) is 10.0. The molecule has 0 spiro atoms. The maximum absolute atomic E-state index is 12.6. The summed E-state index contributed by atoms with van der Waals surface area (Å²) in [6.45, 7) is 1.27. The van der Waals surface area contributed by atoms with Gasteiger partial charge in [0.1, 0.15) is 16.3 Å². The number of ether oxygens (including phenoxy) is 2. The summed E-state index contributed by atoms with van der Waals surface area (Å²) in [5.41, 5.74) is -0.232. The normalized spacial score (nSPS) is 14.7. The number of amides is 1. The molecule has 0 aliphatic carbocycles. The Hall–Kier alpha value is -2.74. The van der Waals surface area contributed by atoms with Crippen LogP contribution in [0.15, 0.2) is 46.5 Å². The number of nitrogens with one attached hydrogen (secondary N) is 1. The molecule has 0 saturated carbocycles. The Morgan fingerprint density at radius 2 is 2.06 bits per heavy atom. The van der Waals surface area contributed by atoms with E-state index >= 15 is 0 Å². The average molecular weight is 469 g/mol. The van der Waals surface area contributed by atoms with E-state index in [-0.39, 0.29) is 35.1 Å².